The predicted molar refractivity (Wildman–Crippen MR) is 296 cm³/mol. The van der Waals surface area contributed by atoms with E-state index in [1.807, 2.05) is 21.1 Å². The standard InChI is InChI=1S/C60H118NO8P/c1-6-8-10-12-14-16-18-20-21-22-23-24-25-26-27-28-29-30-31-32-33-34-35-36-37-38-39-41-43-45-47-49-51-53-60(63)69-58(57-68-70(64,65)67-55-54-61(3,4)5)56-66-59(62)52-50-48-46-44-42-40-19-17-15-13-11-9-7-2/h22-23,58H,6-21,24-57H2,1-5H3/b23-22-. The van der Waals surface area contributed by atoms with Gasteiger partial charge in [0.1, 0.15) is 19.8 Å². The molecule has 0 aliphatic heterocycles. The fourth-order valence-corrected chi connectivity index (χ4v) is 9.80. The normalized spacial score (nSPS) is 13.3. The molecule has 0 bridgehead atoms. The van der Waals surface area contributed by atoms with Gasteiger partial charge in [-0.25, -0.2) is 0 Å². The zero-order valence-electron chi connectivity index (χ0n) is 47.2. The van der Waals surface area contributed by atoms with Crippen LogP contribution in [0.3, 0.4) is 0 Å². The van der Waals surface area contributed by atoms with Gasteiger partial charge >= 0.3 is 11.9 Å². The molecular weight excluding hydrogens is 894 g/mol. The number of nitrogens with zero attached hydrogens (tertiary/aromatic N) is 1. The Hall–Kier alpha value is -1.25. The summed E-state index contributed by atoms with van der Waals surface area (Å²) in [7, 11) is 1.19. The van der Waals surface area contributed by atoms with E-state index in [4.69, 9.17) is 18.5 Å². The Morgan fingerprint density at radius 1 is 0.429 bits per heavy atom. The van der Waals surface area contributed by atoms with Gasteiger partial charge in [-0.15, -0.1) is 0 Å². The van der Waals surface area contributed by atoms with Gasteiger partial charge in [0, 0.05) is 12.8 Å². The van der Waals surface area contributed by atoms with Gasteiger partial charge < -0.3 is 27.9 Å². The third-order valence-electron chi connectivity index (χ3n) is 13.8. The van der Waals surface area contributed by atoms with E-state index in [1.54, 1.807) is 0 Å². The van der Waals surface area contributed by atoms with E-state index >= 15 is 0 Å². The first-order valence-corrected chi connectivity index (χ1v) is 31.9. The zero-order valence-corrected chi connectivity index (χ0v) is 48.1. The summed E-state index contributed by atoms with van der Waals surface area (Å²) in [4.78, 5) is 37.8. The van der Waals surface area contributed by atoms with Gasteiger partial charge in [-0.1, -0.05) is 270 Å². The van der Waals surface area contributed by atoms with Crippen LogP contribution in [-0.2, 0) is 32.7 Å². The molecular formula is C60H118NO8P. The van der Waals surface area contributed by atoms with Crippen molar-refractivity contribution in [3.63, 3.8) is 0 Å². The van der Waals surface area contributed by atoms with E-state index in [0.717, 1.165) is 32.1 Å². The van der Waals surface area contributed by atoms with Gasteiger partial charge in [-0.2, -0.15) is 0 Å². The number of ether oxygens (including phenoxy) is 2. The maximum atomic E-state index is 12.8. The van der Waals surface area contributed by atoms with Crippen LogP contribution in [0.25, 0.3) is 0 Å². The summed E-state index contributed by atoms with van der Waals surface area (Å²) in [5.74, 6) is -0.814. The average molecular weight is 1010 g/mol. The monoisotopic (exact) mass is 1010 g/mol. The molecule has 0 amide bonds. The van der Waals surface area contributed by atoms with Gasteiger partial charge in [0.05, 0.1) is 27.7 Å². The number of esters is 2. The second kappa shape index (κ2) is 52.6. The number of hydrogen-bond donors (Lipinski definition) is 0. The summed E-state index contributed by atoms with van der Waals surface area (Å²) in [5, 5.41) is 0. The highest BCUT2D eigenvalue weighted by molar-refractivity contribution is 7.45. The predicted octanol–water partition coefficient (Wildman–Crippen LogP) is 18.2. The Bertz CT molecular complexity index is 1190. The number of likely N-dealkylation sites (N-methyl/N-ethyl adjacent to an activating group) is 1. The molecule has 9 nitrogen and oxygen atoms in total. The van der Waals surface area contributed by atoms with Crippen molar-refractivity contribution in [2.24, 2.45) is 0 Å². The van der Waals surface area contributed by atoms with Crippen LogP contribution in [0.1, 0.15) is 309 Å². The molecule has 0 saturated carbocycles. The van der Waals surface area contributed by atoms with Crippen molar-refractivity contribution in [3.8, 4) is 0 Å². The third-order valence-corrected chi connectivity index (χ3v) is 14.7. The number of rotatable bonds is 57. The molecule has 0 aliphatic carbocycles. The van der Waals surface area contributed by atoms with Gasteiger partial charge in [0.2, 0.25) is 0 Å². The van der Waals surface area contributed by atoms with Gasteiger partial charge in [-0.3, -0.25) is 14.2 Å². The van der Waals surface area contributed by atoms with E-state index in [1.165, 1.54) is 244 Å². The van der Waals surface area contributed by atoms with Crippen molar-refractivity contribution in [1.82, 2.24) is 0 Å². The highest BCUT2D eigenvalue weighted by Crippen LogP contribution is 2.38. The lowest BCUT2D eigenvalue weighted by atomic mass is 10.0. The Kier molecular flexibility index (Phi) is 51.7. The molecule has 0 radical (unpaired) electrons. The first kappa shape index (κ1) is 68.8. The summed E-state index contributed by atoms with van der Waals surface area (Å²) < 4.78 is 34.1. The fraction of sp³-hybridized carbons (Fsp3) is 0.933. The Morgan fingerprint density at radius 3 is 1.06 bits per heavy atom. The first-order chi connectivity index (χ1) is 34.0. The largest absolute Gasteiger partial charge is 0.756 e. The molecule has 416 valence electrons. The molecule has 0 saturated heterocycles. The zero-order chi connectivity index (χ0) is 51.3. The second-order valence-electron chi connectivity index (χ2n) is 22.1. The van der Waals surface area contributed by atoms with Crippen molar-refractivity contribution in [2.45, 2.75) is 315 Å². The lowest BCUT2D eigenvalue weighted by Gasteiger charge is -2.28. The Labute approximate surface area is 435 Å². The van der Waals surface area contributed by atoms with Crippen LogP contribution < -0.4 is 4.89 Å². The van der Waals surface area contributed by atoms with Crippen molar-refractivity contribution < 1.29 is 42.1 Å². The number of carbonyl (C=O) groups excluding carboxylic acids is 2. The summed E-state index contributed by atoms with van der Waals surface area (Å²) in [6, 6.07) is 0. The minimum Gasteiger partial charge on any atom is -0.756 e. The molecule has 0 aromatic carbocycles. The van der Waals surface area contributed by atoms with Crippen LogP contribution in [0, 0.1) is 0 Å². The molecule has 70 heavy (non-hydrogen) atoms. The molecule has 2 atom stereocenters. The maximum Gasteiger partial charge on any atom is 0.306 e. The topological polar surface area (TPSA) is 111 Å². The summed E-state index contributed by atoms with van der Waals surface area (Å²) >= 11 is 0. The Morgan fingerprint density at radius 2 is 0.729 bits per heavy atom. The molecule has 0 aliphatic rings. The van der Waals surface area contributed by atoms with Crippen LogP contribution in [-0.4, -0.2) is 70.0 Å². The minimum absolute atomic E-state index is 0.0262. The van der Waals surface area contributed by atoms with E-state index in [9.17, 15) is 19.0 Å². The lowest BCUT2D eigenvalue weighted by Crippen LogP contribution is -2.37. The van der Waals surface area contributed by atoms with Crippen molar-refractivity contribution in [3.05, 3.63) is 12.2 Å². The minimum atomic E-state index is -4.63. The lowest BCUT2D eigenvalue weighted by molar-refractivity contribution is -0.870. The van der Waals surface area contributed by atoms with Crippen molar-refractivity contribution in [1.29, 1.82) is 0 Å². The van der Waals surface area contributed by atoms with Crippen LogP contribution in [0.15, 0.2) is 12.2 Å². The maximum absolute atomic E-state index is 12.8. The fourth-order valence-electron chi connectivity index (χ4n) is 9.07. The molecule has 0 aromatic heterocycles. The quantitative estimate of drug-likeness (QED) is 0.0195. The number of carbonyl (C=O) groups is 2. The highest BCUT2D eigenvalue weighted by atomic mass is 31.2. The molecule has 0 spiro atoms. The molecule has 0 rings (SSSR count). The molecule has 0 aromatic rings. The number of quaternary nitrogens is 1. The Balaban J connectivity index is 3.94. The smallest absolute Gasteiger partial charge is 0.306 e. The molecule has 2 unspecified atom stereocenters. The van der Waals surface area contributed by atoms with Crippen molar-refractivity contribution >= 4 is 19.8 Å². The summed E-state index contributed by atoms with van der Waals surface area (Å²) in [6.07, 6.45) is 61.4. The van der Waals surface area contributed by atoms with E-state index < -0.39 is 26.5 Å². The third kappa shape index (κ3) is 56.1. The number of phosphoric ester groups is 1. The first-order valence-electron chi connectivity index (χ1n) is 30.4. The number of unbranched alkanes of at least 4 members (excludes halogenated alkanes) is 41. The van der Waals surface area contributed by atoms with E-state index in [2.05, 4.69) is 26.0 Å². The van der Waals surface area contributed by atoms with Crippen LogP contribution in [0.5, 0.6) is 0 Å². The molecule has 10 heteroatoms. The van der Waals surface area contributed by atoms with E-state index in [-0.39, 0.29) is 32.0 Å². The summed E-state index contributed by atoms with van der Waals surface area (Å²) in [5.41, 5.74) is 0. The summed E-state index contributed by atoms with van der Waals surface area (Å²) in [6.45, 7) is 4.29. The molecule has 0 heterocycles. The molecule has 0 fully saturated rings. The van der Waals surface area contributed by atoms with Crippen molar-refractivity contribution in [2.75, 3.05) is 47.5 Å². The van der Waals surface area contributed by atoms with Gasteiger partial charge in [0.25, 0.3) is 7.82 Å². The highest BCUT2D eigenvalue weighted by Gasteiger charge is 2.22. The van der Waals surface area contributed by atoms with E-state index in [0.29, 0.717) is 17.4 Å². The molecule has 0 N–H and O–H groups in total. The average Bonchev–Trinajstić information content (AvgIpc) is 3.32. The number of hydrogen-bond acceptors (Lipinski definition) is 8. The van der Waals surface area contributed by atoms with Gasteiger partial charge in [-0.05, 0) is 38.5 Å². The van der Waals surface area contributed by atoms with Crippen LogP contribution in [0.4, 0.5) is 0 Å². The SMILES string of the molecule is CCCCCCCCCC/C=C\CCCCCCCCCCCCCCCCCCCCCCCC(=O)OC(COC(=O)CCCCCCCCCCCCCCC)COP(=O)([O-])OCC[N+](C)(C)C. The van der Waals surface area contributed by atoms with Crippen LogP contribution >= 0.6 is 7.82 Å². The number of allylic oxidation sites excluding steroid dienone is 2. The second-order valence-corrected chi connectivity index (χ2v) is 23.5. The van der Waals surface area contributed by atoms with Gasteiger partial charge in [0.15, 0.2) is 6.10 Å². The number of phosphoric acid groups is 1. The van der Waals surface area contributed by atoms with Crippen LogP contribution in [0.2, 0.25) is 0 Å².